The number of methoxy groups -OCH3 is 1. The summed E-state index contributed by atoms with van der Waals surface area (Å²) in [4.78, 5) is 12.4. The second-order valence-electron chi connectivity index (χ2n) is 5.60. The zero-order valence-electron chi connectivity index (χ0n) is 13.1. The number of rotatable bonds is 6. The summed E-state index contributed by atoms with van der Waals surface area (Å²) in [5, 5.41) is 0.995. The lowest BCUT2D eigenvalue weighted by Gasteiger charge is -2.12. The Labute approximate surface area is 133 Å². The van der Waals surface area contributed by atoms with Gasteiger partial charge in [0, 0.05) is 19.3 Å². The van der Waals surface area contributed by atoms with Crippen molar-refractivity contribution in [1.29, 1.82) is 0 Å². The highest BCUT2D eigenvalue weighted by molar-refractivity contribution is 5.83. The third-order valence-electron chi connectivity index (χ3n) is 4.05. The van der Waals surface area contributed by atoms with Crippen molar-refractivity contribution in [3.8, 4) is 5.75 Å². The van der Waals surface area contributed by atoms with E-state index in [1.807, 2.05) is 0 Å². The van der Waals surface area contributed by atoms with E-state index in [-0.39, 0.29) is 17.4 Å². The van der Waals surface area contributed by atoms with Gasteiger partial charge in [-0.25, -0.2) is 4.39 Å². The zero-order valence-corrected chi connectivity index (χ0v) is 13.1. The van der Waals surface area contributed by atoms with Gasteiger partial charge in [-0.3, -0.25) is 4.79 Å². The lowest BCUT2D eigenvalue weighted by molar-refractivity contribution is 0.0147. The predicted molar refractivity (Wildman–Crippen MR) is 84.5 cm³/mol. The molecule has 23 heavy (non-hydrogen) atoms. The van der Waals surface area contributed by atoms with Crippen LogP contribution in [0.3, 0.4) is 0 Å². The molecule has 1 fully saturated rings. The molecule has 0 N–H and O–H groups in total. The predicted octanol–water partition coefficient (Wildman–Crippen LogP) is 2.34. The molecule has 2 aromatic rings. The van der Waals surface area contributed by atoms with Gasteiger partial charge in [-0.05, 0) is 36.4 Å². The summed E-state index contributed by atoms with van der Waals surface area (Å²) in [7, 11) is 1.40. The van der Waals surface area contributed by atoms with Crippen LogP contribution in [0.25, 0.3) is 10.8 Å². The van der Waals surface area contributed by atoms with Gasteiger partial charge in [0.05, 0.1) is 31.8 Å². The van der Waals surface area contributed by atoms with Gasteiger partial charge < -0.3 is 18.8 Å². The van der Waals surface area contributed by atoms with E-state index in [9.17, 15) is 9.18 Å². The van der Waals surface area contributed by atoms with Crippen molar-refractivity contribution in [2.24, 2.45) is 0 Å². The van der Waals surface area contributed by atoms with Gasteiger partial charge in [0.15, 0.2) is 11.6 Å². The Morgan fingerprint density at radius 2 is 2.30 bits per heavy atom. The minimum atomic E-state index is -0.538. The Morgan fingerprint density at radius 1 is 1.43 bits per heavy atom. The number of aromatic nitrogens is 1. The summed E-state index contributed by atoms with van der Waals surface area (Å²) in [5.41, 5.74) is -0.232. The van der Waals surface area contributed by atoms with E-state index < -0.39 is 5.82 Å². The highest BCUT2D eigenvalue weighted by Gasteiger charge is 2.15. The lowest BCUT2D eigenvalue weighted by atomic mass is 10.1. The van der Waals surface area contributed by atoms with Crippen LogP contribution >= 0.6 is 0 Å². The topological polar surface area (TPSA) is 49.7 Å². The van der Waals surface area contributed by atoms with Gasteiger partial charge >= 0.3 is 0 Å². The molecule has 1 aliphatic heterocycles. The van der Waals surface area contributed by atoms with Crippen LogP contribution < -0.4 is 10.3 Å². The summed E-state index contributed by atoms with van der Waals surface area (Å²) in [6.07, 6.45) is 3.96. The van der Waals surface area contributed by atoms with E-state index in [4.69, 9.17) is 14.2 Å². The van der Waals surface area contributed by atoms with Crippen molar-refractivity contribution in [3.63, 3.8) is 0 Å². The SMILES string of the molecule is COc1cc2ccn(CCOC[C@@H]3CCCO3)c(=O)c2cc1F. The molecule has 0 aliphatic carbocycles. The lowest BCUT2D eigenvalue weighted by Crippen LogP contribution is -2.23. The second kappa shape index (κ2) is 7.10. The second-order valence-corrected chi connectivity index (χ2v) is 5.60. The third-order valence-corrected chi connectivity index (χ3v) is 4.05. The fourth-order valence-corrected chi connectivity index (χ4v) is 2.77. The van der Waals surface area contributed by atoms with Gasteiger partial charge in [0.1, 0.15) is 0 Å². The van der Waals surface area contributed by atoms with Crippen molar-refractivity contribution >= 4 is 10.8 Å². The Hall–Kier alpha value is -1.92. The highest BCUT2D eigenvalue weighted by atomic mass is 19.1. The molecule has 1 aliphatic rings. The van der Waals surface area contributed by atoms with Gasteiger partial charge in [-0.15, -0.1) is 0 Å². The monoisotopic (exact) mass is 321 g/mol. The summed E-state index contributed by atoms with van der Waals surface area (Å²) in [6, 6.07) is 4.53. The molecule has 124 valence electrons. The largest absolute Gasteiger partial charge is 0.494 e. The molecule has 0 unspecified atom stereocenters. The van der Waals surface area contributed by atoms with E-state index in [1.54, 1.807) is 12.3 Å². The molecule has 5 nitrogen and oxygen atoms in total. The van der Waals surface area contributed by atoms with Crippen LogP contribution in [-0.2, 0) is 16.0 Å². The van der Waals surface area contributed by atoms with Crippen molar-refractivity contribution < 1.29 is 18.6 Å². The maximum atomic E-state index is 13.8. The minimum absolute atomic E-state index is 0.134. The van der Waals surface area contributed by atoms with E-state index >= 15 is 0 Å². The van der Waals surface area contributed by atoms with Gasteiger partial charge in [-0.1, -0.05) is 0 Å². The maximum Gasteiger partial charge on any atom is 0.258 e. The van der Waals surface area contributed by atoms with Crippen LogP contribution in [0.4, 0.5) is 4.39 Å². The van der Waals surface area contributed by atoms with Crippen LogP contribution in [0, 0.1) is 5.82 Å². The zero-order chi connectivity index (χ0) is 16.2. The molecule has 0 bridgehead atoms. The first-order valence-electron chi connectivity index (χ1n) is 7.75. The van der Waals surface area contributed by atoms with E-state index in [2.05, 4.69) is 0 Å². The Bertz CT molecular complexity index is 737. The molecular formula is C17H20FNO4. The summed E-state index contributed by atoms with van der Waals surface area (Å²) >= 11 is 0. The smallest absolute Gasteiger partial charge is 0.258 e. The first-order chi connectivity index (χ1) is 11.2. The molecule has 0 amide bonds. The number of benzene rings is 1. The molecule has 6 heteroatoms. The summed E-state index contributed by atoms with van der Waals surface area (Å²) in [5.74, 6) is -0.404. The van der Waals surface area contributed by atoms with Gasteiger partial charge in [-0.2, -0.15) is 0 Å². The number of ether oxygens (including phenoxy) is 3. The van der Waals surface area contributed by atoms with Crippen LogP contribution in [0.5, 0.6) is 5.75 Å². The van der Waals surface area contributed by atoms with Crippen molar-refractivity contribution in [1.82, 2.24) is 4.57 Å². The fraction of sp³-hybridized carbons (Fsp3) is 0.471. The number of nitrogens with zero attached hydrogens (tertiary/aromatic N) is 1. The molecule has 0 spiro atoms. The van der Waals surface area contributed by atoms with Crippen LogP contribution in [0.2, 0.25) is 0 Å². The standard InChI is InChI=1S/C17H20FNO4/c1-21-16-9-12-4-5-19(17(20)14(12)10-15(16)18)6-8-22-11-13-3-2-7-23-13/h4-5,9-10,13H,2-3,6-8,11H2,1H3/t13-/m0/s1. The third kappa shape index (κ3) is 3.54. The Kier molecular flexibility index (Phi) is 4.93. The van der Waals surface area contributed by atoms with Crippen molar-refractivity contribution in [3.05, 3.63) is 40.6 Å². The van der Waals surface area contributed by atoms with E-state index in [0.29, 0.717) is 30.5 Å². The number of pyridine rings is 1. The first-order valence-corrected chi connectivity index (χ1v) is 7.75. The van der Waals surface area contributed by atoms with Crippen LogP contribution in [0.1, 0.15) is 12.8 Å². The van der Waals surface area contributed by atoms with E-state index in [0.717, 1.165) is 19.4 Å². The van der Waals surface area contributed by atoms with Crippen molar-refractivity contribution in [2.75, 3.05) is 26.9 Å². The summed E-state index contributed by atoms with van der Waals surface area (Å²) in [6.45, 7) is 2.19. The Morgan fingerprint density at radius 3 is 3.04 bits per heavy atom. The fourth-order valence-electron chi connectivity index (χ4n) is 2.77. The molecule has 1 saturated heterocycles. The highest BCUT2D eigenvalue weighted by Crippen LogP contribution is 2.22. The van der Waals surface area contributed by atoms with Gasteiger partial charge in [0.25, 0.3) is 5.56 Å². The molecule has 1 aromatic carbocycles. The maximum absolute atomic E-state index is 13.8. The molecule has 0 radical (unpaired) electrons. The van der Waals surface area contributed by atoms with Crippen LogP contribution in [-0.4, -0.2) is 37.6 Å². The van der Waals surface area contributed by atoms with Gasteiger partial charge in [0.2, 0.25) is 0 Å². The number of halogens is 1. The minimum Gasteiger partial charge on any atom is -0.494 e. The Balaban J connectivity index is 1.69. The van der Waals surface area contributed by atoms with Crippen LogP contribution in [0.15, 0.2) is 29.2 Å². The molecule has 0 saturated carbocycles. The number of fused-ring (bicyclic) bond motifs is 1. The molecule has 3 rings (SSSR count). The average molecular weight is 321 g/mol. The average Bonchev–Trinajstić information content (AvgIpc) is 3.07. The van der Waals surface area contributed by atoms with E-state index in [1.165, 1.54) is 23.8 Å². The first kappa shape index (κ1) is 16.0. The molecule has 1 aromatic heterocycles. The summed E-state index contributed by atoms with van der Waals surface area (Å²) < 4.78 is 31.3. The molecular weight excluding hydrogens is 301 g/mol. The quantitative estimate of drug-likeness (QED) is 0.766. The molecule has 2 heterocycles. The van der Waals surface area contributed by atoms with Crippen molar-refractivity contribution in [2.45, 2.75) is 25.5 Å². The number of hydrogen-bond donors (Lipinski definition) is 0. The molecule has 1 atom stereocenters. The number of hydrogen-bond acceptors (Lipinski definition) is 4. The normalized spacial score (nSPS) is 17.7.